The van der Waals surface area contributed by atoms with Gasteiger partial charge in [0.15, 0.2) is 0 Å². The van der Waals surface area contributed by atoms with Crippen LogP contribution in [-0.4, -0.2) is 30.0 Å². The molecular weight excluding hydrogens is 460 g/mol. The number of aromatic nitrogens is 5. The lowest BCUT2D eigenvalue weighted by Crippen LogP contribution is -2.27. The number of hydrogen-bond donors (Lipinski definition) is 1. The number of rotatable bonds is 7. The highest BCUT2D eigenvalue weighted by Gasteiger charge is 2.14. The maximum absolute atomic E-state index is 13.2. The number of amides is 1. The van der Waals surface area contributed by atoms with E-state index >= 15 is 0 Å². The van der Waals surface area contributed by atoms with E-state index < -0.39 is 0 Å². The molecule has 0 radical (unpaired) electrons. The number of pyridine rings is 1. The van der Waals surface area contributed by atoms with Crippen molar-refractivity contribution in [2.24, 2.45) is 0 Å². The van der Waals surface area contributed by atoms with Crippen molar-refractivity contribution in [2.75, 3.05) is 0 Å². The van der Waals surface area contributed by atoms with Gasteiger partial charge in [0.1, 0.15) is 16.5 Å². The molecule has 0 aliphatic rings. The van der Waals surface area contributed by atoms with Crippen LogP contribution in [0.5, 0.6) is 0 Å². The van der Waals surface area contributed by atoms with Crippen LogP contribution in [0.1, 0.15) is 23.4 Å². The van der Waals surface area contributed by atoms with E-state index in [0.717, 1.165) is 33.9 Å². The summed E-state index contributed by atoms with van der Waals surface area (Å²) in [6, 6.07) is 11.9. The van der Waals surface area contributed by atoms with Crippen LogP contribution in [-0.2, 0) is 17.9 Å². The summed E-state index contributed by atoms with van der Waals surface area (Å²) in [7, 11) is 0. The third-order valence-corrected chi connectivity index (χ3v) is 6.76. The van der Waals surface area contributed by atoms with E-state index in [1.807, 2.05) is 66.4 Å². The molecule has 0 atom stereocenters. The van der Waals surface area contributed by atoms with E-state index in [4.69, 9.17) is 0 Å². The van der Waals surface area contributed by atoms with Gasteiger partial charge in [-0.1, -0.05) is 29.8 Å². The average molecular weight is 485 g/mol. The maximum atomic E-state index is 13.2. The van der Waals surface area contributed by atoms with Crippen molar-refractivity contribution in [3.63, 3.8) is 0 Å². The lowest BCUT2D eigenvalue weighted by atomic mass is 10.1. The zero-order valence-electron chi connectivity index (χ0n) is 19.4. The molecule has 1 aromatic carbocycles. The Bertz CT molecular complexity index is 1570. The van der Waals surface area contributed by atoms with Crippen LogP contribution in [0, 0.1) is 13.8 Å². The van der Waals surface area contributed by atoms with E-state index in [9.17, 15) is 9.59 Å². The molecular formula is C26H24N6O2S. The fourth-order valence-corrected chi connectivity index (χ4v) is 4.81. The minimum absolute atomic E-state index is 0.130. The molecule has 9 heteroatoms. The monoisotopic (exact) mass is 484 g/mol. The molecule has 176 valence electrons. The Morgan fingerprint density at radius 2 is 1.89 bits per heavy atom. The molecule has 0 saturated heterocycles. The van der Waals surface area contributed by atoms with Crippen LogP contribution >= 0.6 is 11.3 Å². The number of fused-ring (bicyclic) bond motifs is 1. The van der Waals surface area contributed by atoms with Gasteiger partial charge in [-0.25, -0.2) is 15.0 Å². The average Bonchev–Trinajstić information content (AvgIpc) is 3.50. The second-order valence-electron chi connectivity index (χ2n) is 8.33. The molecule has 8 nitrogen and oxygen atoms in total. The minimum Gasteiger partial charge on any atom is -0.352 e. The number of carbonyl (C=O) groups excluding carboxylic acids is 1. The van der Waals surface area contributed by atoms with Crippen LogP contribution in [0.2, 0.25) is 0 Å². The summed E-state index contributed by atoms with van der Waals surface area (Å²) in [4.78, 5) is 39.5. The Morgan fingerprint density at radius 1 is 1.06 bits per heavy atom. The van der Waals surface area contributed by atoms with Crippen LogP contribution in [0.3, 0.4) is 0 Å². The first-order valence-electron chi connectivity index (χ1n) is 11.3. The number of aryl methyl sites for hydroxylation is 3. The van der Waals surface area contributed by atoms with Gasteiger partial charge >= 0.3 is 0 Å². The minimum atomic E-state index is -0.141. The van der Waals surface area contributed by atoms with Crippen LogP contribution < -0.4 is 10.9 Å². The van der Waals surface area contributed by atoms with E-state index in [1.54, 1.807) is 12.4 Å². The van der Waals surface area contributed by atoms with Gasteiger partial charge < -0.3 is 5.32 Å². The predicted molar refractivity (Wildman–Crippen MR) is 137 cm³/mol. The van der Waals surface area contributed by atoms with Crippen molar-refractivity contribution >= 4 is 27.5 Å². The maximum Gasteiger partial charge on any atom is 0.262 e. The normalized spacial score (nSPS) is 11.1. The highest BCUT2D eigenvalue weighted by molar-refractivity contribution is 7.17. The number of hydrogen-bond acceptors (Lipinski definition) is 6. The molecule has 0 saturated carbocycles. The summed E-state index contributed by atoms with van der Waals surface area (Å²) >= 11 is 1.45. The quantitative estimate of drug-likeness (QED) is 0.376. The highest BCUT2D eigenvalue weighted by Crippen LogP contribution is 2.30. The number of imidazole rings is 1. The van der Waals surface area contributed by atoms with E-state index in [2.05, 4.69) is 20.3 Å². The van der Waals surface area contributed by atoms with Gasteiger partial charge in [0.25, 0.3) is 5.56 Å². The van der Waals surface area contributed by atoms with Crippen molar-refractivity contribution in [1.29, 1.82) is 0 Å². The molecule has 4 aromatic heterocycles. The Morgan fingerprint density at radius 3 is 2.66 bits per heavy atom. The van der Waals surface area contributed by atoms with Gasteiger partial charge in [-0.3, -0.25) is 18.7 Å². The number of carbonyl (C=O) groups is 1. The summed E-state index contributed by atoms with van der Waals surface area (Å²) in [6.07, 6.45) is 6.98. The van der Waals surface area contributed by atoms with Gasteiger partial charge in [0.05, 0.1) is 11.7 Å². The standard InChI is InChI=1S/C26H24N6O2S/c1-17-3-5-20(6-4-17)21-15-35-25-24(21)26(34)31(16-30-25)11-8-23(33)29-14-19-7-9-28-22(13-19)32-12-10-27-18(32)2/h3-7,9-10,12-13,15-16H,8,11,14H2,1-2H3,(H,29,33). The van der Waals surface area contributed by atoms with Crippen LogP contribution in [0.15, 0.2) is 71.5 Å². The van der Waals surface area contributed by atoms with Crippen LogP contribution in [0.4, 0.5) is 0 Å². The summed E-state index contributed by atoms with van der Waals surface area (Å²) in [5, 5.41) is 5.49. The molecule has 5 rings (SSSR count). The summed E-state index contributed by atoms with van der Waals surface area (Å²) in [5.74, 6) is 1.45. The highest BCUT2D eigenvalue weighted by atomic mass is 32.1. The molecule has 0 aliphatic heterocycles. The first-order chi connectivity index (χ1) is 17.0. The van der Waals surface area contributed by atoms with Crippen molar-refractivity contribution < 1.29 is 4.79 Å². The number of nitrogens with one attached hydrogen (secondary N) is 1. The molecule has 0 aliphatic carbocycles. The van der Waals surface area contributed by atoms with Crippen molar-refractivity contribution in [3.05, 3.63) is 94.0 Å². The van der Waals surface area contributed by atoms with Crippen LogP contribution in [0.25, 0.3) is 27.2 Å². The molecule has 35 heavy (non-hydrogen) atoms. The fourth-order valence-electron chi connectivity index (χ4n) is 3.91. The molecule has 0 bridgehead atoms. The summed E-state index contributed by atoms with van der Waals surface area (Å²) < 4.78 is 3.40. The number of thiophene rings is 1. The third kappa shape index (κ3) is 4.76. The van der Waals surface area contributed by atoms with Gasteiger partial charge in [-0.15, -0.1) is 11.3 Å². The van der Waals surface area contributed by atoms with E-state index in [0.29, 0.717) is 16.8 Å². The molecule has 1 N–H and O–H groups in total. The van der Waals surface area contributed by atoms with Crippen molar-refractivity contribution in [2.45, 2.75) is 33.4 Å². The lowest BCUT2D eigenvalue weighted by Gasteiger charge is -2.09. The van der Waals surface area contributed by atoms with Gasteiger partial charge in [-0.2, -0.15) is 0 Å². The molecule has 1 amide bonds. The smallest absolute Gasteiger partial charge is 0.262 e. The molecule has 4 heterocycles. The Hall–Kier alpha value is -4.11. The Balaban J connectivity index is 1.26. The number of nitrogens with zero attached hydrogens (tertiary/aromatic N) is 5. The van der Waals surface area contributed by atoms with Crippen molar-refractivity contribution in [3.8, 4) is 16.9 Å². The van der Waals surface area contributed by atoms with E-state index in [1.165, 1.54) is 22.2 Å². The molecule has 5 aromatic rings. The number of benzene rings is 1. The molecule has 0 unspecified atom stereocenters. The zero-order chi connectivity index (χ0) is 24.4. The first-order valence-corrected chi connectivity index (χ1v) is 12.1. The largest absolute Gasteiger partial charge is 0.352 e. The second-order valence-corrected chi connectivity index (χ2v) is 9.19. The lowest BCUT2D eigenvalue weighted by molar-refractivity contribution is -0.121. The SMILES string of the molecule is Cc1ccc(-c2csc3ncn(CCC(=O)NCc4ccnc(-n5ccnc5C)c4)c(=O)c23)cc1. The molecule has 0 spiro atoms. The Labute approximate surface area is 205 Å². The fraction of sp³-hybridized carbons (Fsp3) is 0.192. The first kappa shape index (κ1) is 22.7. The topological polar surface area (TPSA) is 94.7 Å². The molecule has 0 fully saturated rings. The van der Waals surface area contributed by atoms with Gasteiger partial charge in [-0.05, 0) is 37.1 Å². The third-order valence-electron chi connectivity index (χ3n) is 5.88. The zero-order valence-corrected chi connectivity index (χ0v) is 20.2. The summed E-state index contributed by atoms with van der Waals surface area (Å²) in [5.41, 5.74) is 3.82. The summed E-state index contributed by atoms with van der Waals surface area (Å²) in [6.45, 7) is 4.57. The van der Waals surface area contributed by atoms with Crippen molar-refractivity contribution in [1.82, 2.24) is 29.4 Å². The van der Waals surface area contributed by atoms with E-state index in [-0.39, 0.29) is 24.4 Å². The predicted octanol–water partition coefficient (Wildman–Crippen LogP) is 4.03. The van der Waals surface area contributed by atoms with Gasteiger partial charge in [0, 0.05) is 49.0 Å². The Kier molecular flexibility index (Phi) is 6.24. The second kappa shape index (κ2) is 9.63. The van der Waals surface area contributed by atoms with Gasteiger partial charge in [0.2, 0.25) is 5.91 Å².